The van der Waals surface area contributed by atoms with Gasteiger partial charge in [-0.2, -0.15) is 0 Å². The highest BCUT2D eigenvalue weighted by molar-refractivity contribution is 5.28. The van der Waals surface area contributed by atoms with Crippen LogP contribution in [0.2, 0.25) is 0 Å². The summed E-state index contributed by atoms with van der Waals surface area (Å²) in [5, 5.41) is 3.67. The van der Waals surface area contributed by atoms with Crippen LogP contribution in [0.4, 0.5) is 0 Å². The second kappa shape index (κ2) is 6.15. The minimum atomic E-state index is 0.223. The number of hydrogen-bond donors (Lipinski definition) is 1. The van der Waals surface area contributed by atoms with Crippen LogP contribution in [-0.4, -0.2) is 24.9 Å². The van der Waals surface area contributed by atoms with Crippen molar-refractivity contribution in [2.75, 3.05) is 6.61 Å². The molecule has 2 fully saturated rings. The molecule has 3 heteroatoms. The third kappa shape index (κ3) is 3.53. The summed E-state index contributed by atoms with van der Waals surface area (Å²) in [7, 11) is 0. The van der Waals surface area contributed by atoms with Crippen LogP contribution in [0.3, 0.4) is 0 Å². The minimum absolute atomic E-state index is 0.223. The van der Waals surface area contributed by atoms with Crippen molar-refractivity contribution in [2.24, 2.45) is 5.92 Å². The topological polar surface area (TPSA) is 30.5 Å². The van der Waals surface area contributed by atoms with E-state index in [9.17, 15) is 0 Å². The number of hydrogen-bond acceptors (Lipinski definition) is 3. The lowest BCUT2D eigenvalue weighted by Crippen LogP contribution is -2.37. The highest BCUT2D eigenvalue weighted by Gasteiger charge is 2.40. The number of ether oxygens (including phenoxy) is 2. The molecule has 1 saturated carbocycles. The molecule has 3 rings (SSSR count). The van der Waals surface area contributed by atoms with E-state index in [0.717, 1.165) is 31.2 Å². The molecular weight excluding hydrogens is 250 g/mol. The van der Waals surface area contributed by atoms with E-state index in [-0.39, 0.29) is 6.10 Å². The Hall–Kier alpha value is -1.06. The second-order valence-electron chi connectivity index (χ2n) is 6.26. The molecule has 1 aliphatic heterocycles. The van der Waals surface area contributed by atoms with Crippen molar-refractivity contribution in [2.45, 2.75) is 57.9 Å². The van der Waals surface area contributed by atoms with Crippen LogP contribution in [0.1, 0.15) is 38.7 Å². The number of benzene rings is 1. The normalized spacial score (nSPS) is 26.1. The van der Waals surface area contributed by atoms with Gasteiger partial charge < -0.3 is 14.8 Å². The van der Waals surface area contributed by atoms with E-state index < -0.39 is 0 Å². The molecule has 110 valence electrons. The van der Waals surface area contributed by atoms with Gasteiger partial charge in [0.2, 0.25) is 0 Å². The Morgan fingerprint density at radius 2 is 2.15 bits per heavy atom. The summed E-state index contributed by atoms with van der Waals surface area (Å²) in [6.07, 6.45) is 4.51. The fourth-order valence-electron chi connectivity index (χ4n) is 2.97. The first kappa shape index (κ1) is 13.9. The van der Waals surface area contributed by atoms with Gasteiger partial charge >= 0.3 is 0 Å². The summed E-state index contributed by atoms with van der Waals surface area (Å²) in [6, 6.07) is 8.90. The Morgan fingerprint density at radius 3 is 2.90 bits per heavy atom. The summed E-state index contributed by atoms with van der Waals surface area (Å²) in [5.41, 5.74) is 1.28. The zero-order chi connectivity index (χ0) is 13.9. The number of nitrogens with one attached hydrogen (secondary N) is 1. The molecule has 20 heavy (non-hydrogen) atoms. The molecule has 2 unspecified atom stereocenters. The van der Waals surface area contributed by atoms with Crippen LogP contribution in [0, 0.1) is 5.92 Å². The van der Waals surface area contributed by atoms with Crippen LogP contribution in [0.5, 0.6) is 5.75 Å². The molecule has 3 nitrogen and oxygen atoms in total. The molecule has 0 radical (unpaired) electrons. The second-order valence-corrected chi connectivity index (χ2v) is 6.26. The zero-order valence-electron chi connectivity index (χ0n) is 12.5. The molecular formula is C17H25NO2. The van der Waals surface area contributed by atoms with Gasteiger partial charge in [0.25, 0.3) is 0 Å². The Morgan fingerprint density at radius 1 is 1.30 bits per heavy atom. The Balaban J connectivity index is 1.55. The van der Waals surface area contributed by atoms with E-state index in [0.29, 0.717) is 12.1 Å². The molecule has 0 bridgehead atoms. The van der Waals surface area contributed by atoms with Gasteiger partial charge in [-0.05, 0) is 56.7 Å². The molecule has 1 aromatic rings. The van der Waals surface area contributed by atoms with Crippen molar-refractivity contribution in [3.05, 3.63) is 29.8 Å². The van der Waals surface area contributed by atoms with Crippen LogP contribution >= 0.6 is 0 Å². The molecule has 2 atom stereocenters. The van der Waals surface area contributed by atoms with Crippen molar-refractivity contribution in [1.29, 1.82) is 0 Å². The predicted octanol–water partition coefficient (Wildman–Crippen LogP) is 3.13. The van der Waals surface area contributed by atoms with Gasteiger partial charge in [0.05, 0.1) is 12.2 Å². The maximum atomic E-state index is 5.87. The van der Waals surface area contributed by atoms with Gasteiger partial charge in [-0.15, -0.1) is 0 Å². The van der Waals surface area contributed by atoms with Gasteiger partial charge in [-0.3, -0.25) is 0 Å². The predicted molar refractivity (Wildman–Crippen MR) is 79.9 cm³/mol. The molecule has 1 N–H and O–H groups in total. The zero-order valence-corrected chi connectivity index (χ0v) is 12.5. The maximum absolute atomic E-state index is 5.87. The SMILES string of the molecule is CC(C)Oc1cccc(CNC2CCOC2C2CC2)c1. The lowest BCUT2D eigenvalue weighted by molar-refractivity contribution is 0.0809. The third-order valence-corrected chi connectivity index (χ3v) is 4.06. The van der Waals surface area contributed by atoms with Gasteiger partial charge in [0, 0.05) is 19.2 Å². The standard InChI is InChI=1S/C17H25NO2/c1-12(2)20-15-5-3-4-13(10-15)11-18-16-8-9-19-17(16)14-6-7-14/h3-5,10,12,14,16-18H,6-9,11H2,1-2H3. The Labute approximate surface area is 121 Å². The quantitative estimate of drug-likeness (QED) is 0.865. The largest absolute Gasteiger partial charge is 0.491 e. The highest BCUT2D eigenvalue weighted by Crippen LogP contribution is 2.38. The van der Waals surface area contributed by atoms with E-state index in [1.165, 1.54) is 18.4 Å². The first-order valence-electron chi connectivity index (χ1n) is 7.83. The van der Waals surface area contributed by atoms with E-state index in [4.69, 9.17) is 9.47 Å². The molecule has 1 aromatic carbocycles. The first-order valence-corrected chi connectivity index (χ1v) is 7.83. The highest BCUT2D eigenvalue weighted by atomic mass is 16.5. The van der Waals surface area contributed by atoms with Crippen molar-refractivity contribution >= 4 is 0 Å². The van der Waals surface area contributed by atoms with Crippen molar-refractivity contribution < 1.29 is 9.47 Å². The summed E-state index contributed by atoms with van der Waals surface area (Å²) in [5.74, 6) is 1.77. The van der Waals surface area contributed by atoms with E-state index in [1.54, 1.807) is 0 Å². The van der Waals surface area contributed by atoms with Crippen LogP contribution < -0.4 is 10.1 Å². The summed E-state index contributed by atoms with van der Waals surface area (Å²) in [4.78, 5) is 0. The monoisotopic (exact) mass is 275 g/mol. The number of rotatable bonds is 6. The average Bonchev–Trinajstić information content (AvgIpc) is 3.15. The Bertz CT molecular complexity index is 442. The van der Waals surface area contributed by atoms with Crippen molar-refractivity contribution in [3.63, 3.8) is 0 Å². The molecule has 2 aliphatic rings. The van der Waals surface area contributed by atoms with Crippen molar-refractivity contribution in [1.82, 2.24) is 5.32 Å². The van der Waals surface area contributed by atoms with Gasteiger partial charge in [0.1, 0.15) is 5.75 Å². The smallest absolute Gasteiger partial charge is 0.120 e. The summed E-state index contributed by atoms with van der Waals surface area (Å²) in [6.45, 7) is 5.92. The van der Waals surface area contributed by atoms with Gasteiger partial charge in [-0.1, -0.05) is 12.1 Å². The van der Waals surface area contributed by atoms with Crippen LogP contribution in [0.15, 0.2) is 24.3 Å². The first-order chi connectivity index (χ1) is 9.72. The average molecular weight is 275 g/mol. The van der Waals surface area contributed by atoms with Crippen LogP contribution in [0.25, 0.3) is 0 Å². The summed E-state index contributed by atoms with van der Waals surface area (Å²) < 4.78 is 11.6. The van der Waals surface area contributed by atoms with Gasteiger partial charge in [-0.25, -0.2) is 0 Å². The minimum Gasteiger partial charge on any atom is -0.491 e. The lowest BCUT2D eigenvalue weighted by Gasteiger charge is -2.20. The van der Waals surface area contributed by atoms with Crippen LogP contribution in [-0.2, 0) is 11.3 Å². The molecule has 1 saturated heterocycles. The lowest BCUT2D eigenvalue weighted by atomic mass is 10.1. The van der Waals surface area contributed by atoms with Gasteiger partial charge in [0.15, 0.2) is 0 Å². The molecule has 0 amide bonds. The van der Waals surface area contributed by atoms with E-state index in [1.807, 2.05) is 6.07 Å². The Kier molecular flexibility index (Phi) is 4.27. The molecule has 0 spiro atoms. The molecule has 1 aliphatic carbocycles. The summed E-state index contributed by atoms with van der Waals surface area (Å²) >= 11 is 0. The maximum Gasteiger partial charge on any atom is 0.120 e. The fraction of sp³-hybridized carbons (Fsp3) is 0.647. The fourth-order valence-corrected chi connectivity index (χ4v) is 2.97. The van der Waals surface area contributed by atoms with E-state index >= 15 is 0 Å². The third-order valence-electron chi connectivity index (χ3n) is 4.06. The molecule has 0 aromatic heterocycles. The van der Waals surface area contributed by atoms with E-state index in [2.05, 4.69) is 37.4 Å². The van der Waals surface area contributed by atoms with Crippen molar-refractivity contribution in [3.8, 4) is 5.75 Å². The molecule has 1 heterocycles.